The Labute approximate surface area is 122 Å². The quantitative estimate of drug-likeness (QED) is 0.641. The Morgan fingerprint density at radius 2 is 1.67 bits per heavy atom. The Morgan fingerprint density at radius 3 is 2.43 bits per heavy atom. The van der Waals surface area contributed by atoms with Crippen molar-refractivity contribution < 1.29 is 10.2 Å². The molecule has 0 amide bonds. The number of nitrogens with one attached hydrogen (secondary N) is 1. The molecule has 1 aromatic heterocycles. The Balaban J connectivity index is 1.73. The minimum absolute atomic E-state index is 0.101. The van der Waals surface area contributed by atoms with Gasteiger partial charge in [-0.1, -0.05) is 12.1 Å². The zero-order valence-corrected chi connectivity index (χ0v) is 11.4. The van der Waals surface area contributed by atoms with E-state index in [0.717, 1.165) is 16.9 Å². The molecule has 21 heavy (non-hydrogen) atoms. The lowest BCUT2D eigenvalue weighted by Gasteiger charge is -2.10. The number of aromatic nitrogens is 1. The molecule has 0 atom stereocenters. The third kappa shape index (κ3) is 3.00. The predicted octanol–water partition coefficient (Wildman–Crippen LogP) is 3.50. The maximum absolute atomic E-state index is 9.49. The molecule has 0 saturated heterocycles. The van der Waals surface area contributed by atoms with Crippen molar-refractivity contribution in [2.45, 2.75) is 6.54 Å². The van der Waals surface area contributed by atoms with E-state index in [9.17, 15) is 10.2 Å². The van der Waals surface area contributed by atoms with Crippen molar-refractivity contribution in [1.82, 2.24) is 4.57 Å². The second kappa shape index (κ2) is 5.63. The number of benzene rings is 2. The molecule has 3 rings (SSSR count). The Hall–Kier alpha value is -2.88. The van der Waals surface area contributed by atoms with Gasteiger partial charge in [0.15, 0.2) is 11.5 Å². The summed E-state index contributed by atoms with van der Waals surface area (Å²) in [6.45, 7) is 0.572. The summed E-state index contributed by atoms with van der Waals surface area (Å²) in [5, 5.41) is 22.1. The highest BCUT2D eigenvalue weighted by Crippen LogP contribution is 2.25. The largest absolute Gasteiger partial charge is 0.504 e. The molecule has 0 bridgehead atoms. The van der Waals surface area contributed by atoms with Gasteiger partial charge in [-0.25, -0.2) is 0 Å². The fourth-order valence-electron chi connectivity index (χ4n) is 2.17. The van der Waals surface area contributed by atoms with Gasteiger partial charge in [-0.3, -0.25) is 0 Å². The van der Waals surface area contributed by atoms with Crippen LogP contribution in [0.15, 0.2) is 67.0 Å². The summed E-state index contributed by atoms with van der Waals surface area (Å²) < 4.78 is 2.04. The van der Waals surface area contributed by atoms with Crippen LogP contribution in [0.3, 0.4) is 0 Å². The molecule has 0 aliphatic carbocycles. The predicted molar refractivity (Wildman–Crippen MR) is 82.9 cm³/mol. The maximum atomic E-state index is 9.49. The zero-order valence-electron chi connectivity index (χ0n) is 11.4. The first kappa shape index (κ1) is 13.1. The molecule has 3 N–H and O–H groups in total. The molecular weight excluding hydrogens is 264 g/mol. The van der Waals surface area contributed by atoms with Crippen LogP contribution in [0.4, 0.5) is 5.69 Å². The van der Waals surface area contributed by atoms with Gasteiger partial charge in [-0.15, -0.1) is 0 Å². The third-order valence-corrected chi connectivity index (χ3v) is 3.29. The second-order valence-electron chi connectivity index (χ2n) is 4.82. The molecule has 4 heteroatoms. The van der Waals surface area contributed by atoms with Crippen LogP contribution in [-0.2, 0) is 6.54 Å². The van der Waals surface area contributed by atoms with Gasteiger partial charge in [0.1, 0.15) is 0 Å². The normalized spacial score (nSPS) is 10.5. The Kier molecular flexibility index (Phi) is 3.51. The number of phenolic OH excluding ortho intramolecular Hbond substituents is 2. The van der Waals surface area contributed by atoms with Crippen LogP contribution in [0, 0.1) is 0 Å². The monoisotopic (exact) mass is 280 g/mol. The molecule has 0 fully saturated rings. The van der Waals surface area contributed by atoms with E-state index in [-0.39, 0.29) is 11.5 Å². The lowest BCUT2D eigenvalue weighted by molar-refractivity contribution is 0.403. The molecule has 4 nitrogen and oxygen atoms in total. The number of phenols is 2. The van der Waals surface area contributed by atoms with Crippen molar-refractivity contribution in [3.8, 4) is 17.2 Å². The van der Waals surface area contributed by atoms with Gasteiger partial charge in [0.2, 0.25) is 0 Å². The average Bonchev–Trinajstić information content (AvgIpc) is 3.03. The molecule has 0 spiro atoms. The third-order valence-electron chi connectivity index (χ3n) is 3.29. The van der Waals surface area contributed by atoms with Crippen LogP contribution >= 0.6 is 0 Å². The Morgan fingerprint density at radius 1 is 0.857 bits per heavy atom. The molecule has 2 aromatic carbocycles. The summed E-state index contributed by atoms with van der Waals surface area (Å²) >= 11 is 0. The highest BCUT2D eigenvalue weighted by molar-refractivity contribution is 5.52. The number of hydrogen-bond donors (Lipinski definition) is 3. The first-order valence-electron chi connectivity index (χ1n) is 6.70. The first-order valence-corrected chi connectivity index (χ1v) is 6.70. The minimum Gasteiger partial charge on any atom is -0.504 e. The van der Waals surface area contributed by atoms with Gasteiger partial charge in [0, 0.05) is 30.3 Å². The van der Waals surface area contributed by atoms with E-state index in [2.05, 4.69) is 11.4 Å². The Bertz CT molecular complexity index is 736. The van der Waals surface area contributed by atoms with Crippen molar-refractivity contribution in [2.75, 3.05) is 5.32 Å². The highest BCUT2D eigenvalue weighted by Gasteiger charge is 2.01. The second-order valence-corrected chi connectivity index (χ2v) is 4.82. The molecule has 0 radical (unpaired) electrons. The molecule has 106 valence electrons. The van der Waals surface area contributed by atoms with E-state index in [1.54, 1.807) is 12.1 Å². The molecular formula is C17H16N2O2. The minimum atomic E-state index is -0.103. The van der Waals surface area contributed by atoms with Crippen molar-refractivity contribution in [2.24, 2.45) is 0 Å². The number of rotatable bonds is 4. The smallest absolute Gasteiger partial charge is 0.157 e. The van der Waals surface area contributed by atoms with Crippen LogP contribution in [0.2, 0.25) is 0 Å². The number of hydrogen-bond acceptors (Lipinski definition) is 3. The average molecular weight is 280 g/mol. The van der Waals surface area contributed by atoms with Gasteiger partial charge in [-0.05, 0) is 48.0 Å². The van der Waals surface area contributed by atoms with Crippen LogP contribution in [0.25, 0.3) is 5.69 Å². The summed E-state index contributed by atoms with van der Waals surface area (Å²) in [4.78, 5) is 0. The van der Waals surface area contributed by atoms with Crippen LogP contribution < -0.4 is 5.32 Å². The van der Waals surface area contributed by atoms with Gasteiger partial charge < -0.3 is 20.1 Å². The summed E-state index contributed by atoms with van der Waals surface area (Å²) in [6.07, 6.45) is 3.99. The van der Waals surface area contributed by atoms with E-state index >= 15 is 0 Å². The fraction of sp³-hybridized carbons (Fsp3) is 0.0588. The number of anilines is 1. The van der Waals surface area contributed by atoms with Gasteiger partial charge >= 0.3 is 0 Å². The topological polar surface area (TPSA) is 57.4 Å². The standard InChI is InChI=1S/C17H16N2O2/c20-16-7-6-13(10-17(16)21)12-18-14-4-3-5-15(11-14)19-8-1-2-9-19/h1-11,18,20-21H,12H2. The lowest BCUT2D eigenvalue weighted by Crippen LogP contribution is -2.00. The van der Waals surface area contributed by atoms with Crippen molar-refractivity contribution in [1.29, 1.82) is 0 Å². The zero-order chi connectivity index (χ0) is 14.7. The maximum Gasteiger partial charge on any atom is 0.157 e. The van der Waals surface area contributed by atoms with Gasteiger partial charge in [0.25, 0.3) is 0 Å². The molecule has 0 aliphatic heterocycles. The van der Waals surface area contributed by atoms with Crippen LogP contribution in [-0.4, -0.2) is 14.8 Å². The van der Waals surface area contributed by atoms with Crippen molar-refractivity contribution in [3.05, 3.63) is 72.6 Å². The summed E-state index contributed by atoms with van der Waals surface area (Å²) in [5.74, 6) is -0.205. The van der Waals surface area contributed by atoms with E-state index < -0.39 is 0 Å². The summed E-state index contributed by atoms with van der Waals surface area (Å²) in [5.41, 5.74) is 2.98. The van der Waals surface area contributed by atoms with Crippen molar-refractivity contribution >= 4 is 5.69 Å². The van der Waals surface area contributed by atoms with E-state index in [0.29, 0.717) is 6.54 Å². The van der Waals surface area contributed by atoms with Crippen molar-refractivity contribution in [3.63, 3.8) is 0 Å². The van der Waals surface area contributed by atoms with E-state index in [1.165, 1.54) is 6.07 Å². The first-order chi connectivity index (χ1) is 10.2. The van der Waals surface area contributed by atoms with E-state index in [1.807, 2.05) is 47.3 Å². The molecule has 0 aliphatic rings. The highest BCUT2D eigenvalue weighted by atomic mass is 16.3. The lowest BCUT2D eigenvalue weighted by atomic mass is 10.2. The fourth-order valence-corrected chi connectivity index (χ4v) is 2.17. The van der Waals surface area contributed by atoms with Crippen LogP contribution in [0.5, 0.6) is 11.5 Å². The summed E-state index contributed by atoms with van der Waals surface area (Å²) in [6, 6.07) is 16.9. The molecule has 3 aromatic rings. The van der Waals surface area contributed by atoms with E-state index in [4.69, 9.17) is 0 Å². The number of nitrogens with zero attached hydrogens (tertiary/aromatic N) is 1. The number of aromatic hydroxyl groups is 2. The van der Waals surface area contributed by atoms with Crippen LogP contribution in [0.1, 0.15) is 5.56 Å². The van der Waals surface area contributed by atoms with Gasteiger partial charge in [-0.2, -0.15) is 0 Å². The molecule has 0 saturated carbocycles. The molecule has 1 heterocycles. The SMILES string of the molecule is Oc1ccc(CNc2cccc(-n3cccc3)c2)cc1O. The summed E-state index contributed by atoms with van der Waals surface area (Å²) in [7, 11) is 0. The van der Waals surface area contributed by atoms with Gasteiger partial charge in [0.05, 0.1) is 0 Å². The molecule has 0 unspecified atom stereocenters.